The van der Waals surface area contributed by atoms with Crippen LogP contribution in [0.15, 0.2) is 0 Å². The standard InChI is InChI=1S/C14H26N2O3.ClH/c1-10(2)6-11(7-14(18)19)9-16-13(17)8-12-4-3-5-15-12;/h10-12,15H,3-9H2,1-2H3,(H,16,17)(H,18,19);1H/t11-,12?;/m0./s1. The van der Waals surface area contributed by atoms with Crippen molar-refractivity contribution in [2.75, 3.05) is 13.1 Å². The van der Waals surface area contributed by atoms with E-state index in [4.69, 9.17) is 5.11 Å². The number of rotatable bonds is 8. The Morgan fingerprint density at radius 1 is 1.40 bits per heavy atom. The van der Waals surface area contributed by atoms with E-state index in [2.05, 4.69) is 24.5 Å². The van der Waals surface area contributed by atoms with Crippen LogP contribution in [0, 0.1) is 11.8 Å². The quantitative estimate of drug-likeness (QED) is 0.639. The summed E-state index contributed by atoms with van der Waals surface area (Å²) in [5, 5.41) is 15.0. The lowest BCUT2D eigenvalue weighted by Gasteiger charge is -2.18. The minimum Gasteiger partial charge on any atom is -0.481 e. The number of carboxylic acid groups (broad SMARTS) is 1. The SMILES string of the molecule is CC(C)C[C@H](CNC(=O)CC1CCCN1)CC(=O)O.Cl. The third-order valence-corrected chi connectivity index (χ3v) is 3.45. The van der Waals surface area contributed by atoms with E-state index < -0.39 is 5.97 Å². The van der Waals surface area contributed by atoms with Crippen molar-refractivity contribution in [1.82, 2.24) is 10.6 Å². The molecule has 1 amide bonds. The third-order valence-electron chi connectivity index (χ3n) is 3.45. The van der Waals surface area contributed by atoms with Crippen LogP contribution in [0.4, 0.5) is 0 Å². The van der Waals surface area contributed by atoms with Crippen LogP contribution in [0.3, 0.4) is 0 Å². The molecule has 20 heavy (non-hydrogen) atoms. The number of aliphatic carboxylic acids is 1. The topological polar surface area (TPSA) is 78.4 Å². The van der Waals surface area contributed by atoms with Gasteiger partial charge in [-0.05, 0) is 37.6 Å². The van der Waals surface area contributed by atoms with Gasteiger partial charge in [-0.15, -0.1) is 12.4 Å². The molecule has 0 aromatic rings. The van der Waals surface area contributed by atoms with E-state index in [0.717, 1.165) is 25.8 Å². The number of hydrogen-bond acceptors (Lipinski definition) is 3. The van der Waals surface area contributed by atoms with Gasteiger partial charge in [0, 0.05) is 25.4 Å². The Morgan fingerprint density at radius 2 is 2.10 bits per heavy atom. The fourth-order valence-corrected chi connectivity index (χ4v) is 2.64. The highest BCUT2D eigenvalue weighted by Gasteiger charge is 2.19. The Balaban J connectivity index is 0.00000361. The monoisotopic (exact) mass is 306 g/mol. The van der Waals surface area contributed by atoms with Crippen molar-refractivity contribution in [1.29, 1.82) is 0 Å². The highest BCUT2D eigenvalue weighted by atomic mass is 35.5. The Bertz CT molecular complexity index is 305. The van der Waals surface area contributed by atoms with Crippen LogP contribution in [0.25, 0.3) is 0 Å². The van der Waals surface area contributed by atoms with Gasteiger partial charge in [-0.1, -0.05) is 13.8 Å². The first-order valence-corrected chi connectivity index (χ1v) is 7.19. The zero-order valence-corrected chi connectivity index (χ0v) is 13.2. The summed E-state index contributed by atoms with van der Waals surface area (Å²) in [5.74, 6) is -0.299. The van der Waals surface area contributed by atoms with Gasteiger partial charge in [-0.2, -0.15) is 0 Å². The van der Waals surface area contributed by atoms with Gasteiger partial charge in [0.25, 0.3) is 0 Å². The predicted octanol–water partition coefficient (Wildman–Crippen LogP) is 1.80. The molecule has 1 aliphatic rings. The number of carboxylic acids is 1. The number of nitrogens with one attached hydrogen (secondary N) is 2. The van der Waals surface area contributed by atoms with Crippen molar-refractivity contribution >= 4 is 24.3 Å². The average Bonchev–Trinajstić information content (AvgIpc) is 2.77. The molecule has 6 heteroatoms. The molecule has 1 fully saturated rings. The van der Waals surface area contributed by atoms with Crippen LogP contribution < -0.4 is 10.6 Å². The minimum absolute atomic E-state index is 0. The van der Waals surface area contributed by atoms with E-state index in [0.29, 0.717) is 24.9 Å². The lowest BCUT2D eigenvalue weighted by Crippen LogP contribution is -2.35. The van der Waals surface area contributed by atoms with Crippen molar-refractivity contribution in [3.63, 3.8) is 0 Å². The van der Waals surface area contributed by atoms with Crippen LogP contribution in [0.5, 0.6) is 0 Å². The van der Waals surface area contributed by atoms with Crippen LogP contribution >= 0.6 is 12.4 Å². The lowest BCUT2D eigenvalue weighted by atomic mass is 9.94. The number of hydrogen-bond donors (Lipinski definition) is 3. The van der Waals surface area contributed by atoms with Crippen molar-refractivity contribution in [2.45, 2.75) is 52.0 Å². The van der Waals surface area contributed by atoms with E-state index in [1.54, 1.807) is 0 Å². The second-order valence-corrected chi connectivity index (χ2v) is 5.89. The van der Waals surface area contributed by atoms with Gasteiger partial charge in [-0.3, -0.25) is 9.59 Å². The molecule has 5 nitrogen and oxygen atoms in total. The fourth-order valence-electron chi connectivity index (χ4n) is 2.64. The van der Waals surface area contributed by atoms with Crippen LogP contribution in [0.2, 0.25) is 0 Å². The summed E-state index contributed by atoms with van der Waals surface area (Å²) < 4.78 is 0. The molecule has 0 bridgehead atoms. The molecule has 0 aromatic heterocycles. The van der Waals surface area contributed by atoms with E-state index in [-0.39, 0.29) is 30.7 Å². The van der Waals surface area contributed by atoms with E-state index in [9.17, 15) is 9.59 Å². The smallest absolute Gasteiger partial charge is 0.303 e. The van der Waals surface area contributed by atoms with Crippen molar-refractivity contribution in [2.24, 2.45) is 11.8 Å². The summed E-state index contributed by atoms with van der Waals surface area (Å²) in [6.07, 6.45) is 3.64. The molecule has 2 atom stereocenters. The number of carbonyl (C=O) groups is 2. The highest BCUT2D eigenvalue weighted by Crippen LogP contribution is 2.15. The molecular weight excluding hydrogens is 280 g/mol. The molecule has 1 rings (SSSR count). The van der Waals surface area contributed by atoms with Gasteiger partial charge in [0.15, 0.2) is 0 Å². The molecule has 0 aromatic carbocycles. The first kappa shape index (κ1) is 19.2. The molecule has 1 unspecified atom stereocenters. The minimum atomic E-state index is -0.794. The maximum Gasteiger partial charge on any atom is 0.303 e. The average molecular weight is 307 g/mol. The van der Waals surface area contributed by atoms with Crippen LogP contribution in [-0.4, -0.2) is 36.1 Å². The molecule has 0 aliphatic carbocycles. The second kappa shape index (κ2) is 10.00. The Labute approximate surface area is 127 Å². The van der Waals surface area contributed by atoms with Gasteiger partial charge in [0.2, 0.25) is 5.91 Å². The first-order chi connectivity index (χ1) is 8.97. The van der Waals surface area contributed by atoms with Gasteiger partial charge >= 0.3 is 5.97 Å². The van der Waals surface area contributed by atoms with Gasteiger partial charge < -0.3 is 15.7 Å². The number of amides is 1. The molecule has 1 aliphatic heterocycles. The summed E-state index contributed by atoms with van der Waals surface area (Å²) in [6.45, 7) is 5.60. The van der Waals surface area contributed by atoms with Crippen molar-refractivity contribution in [3.05, 3.63) is 0 Å². The Morgan fingerprint density at radius 3 is 2.60 bits per heavy atom. The Kier molecular flexibility index (Phi) is 9.59. The largest absolute Gasteiger partial charge is 0.481 e. The number of halogens is 1. The summed E-state index contributed by atoms with van der Waals surface area (Å²) >= 11 is 0. The van der Waals surface area contributed by atoms with Gasteiger partial charge in [0.1, 0.15) is 0 Å². The Hall–Kier alpha value is -0.810. The molecule has 0 radical (unpaired) electrons. The zero-order chi connectivity index (χ0) is 14.3. The summed E-state index contributed by atoms with van der Waals surface area (Å²) in [6, 6.07) is 0.294. The summed E-state index contributed by atoms with van der Waals surface area (Å²) in [5.41, 5.74) is 0. The van der Waals surface area contributed by atoms with Gasteiger partial charge in [0.05, 0.1) is 0 Å². The molecule has 0 spiro atoms. The van der Waals surface area contributed by atoms with Crippen LogP contribution in [-0.2, 0) is 9.59 Å². The molecule has 118 valence electrons. The number of carbonyl (C=O) groups excluding carboxylic acids is 1. The van der Waals surface area contributed by atoms with Crippen molar-refractivity contribution < 1.29 is 14.7 Å². The van der Waals surface area contributed by atoms with Crippen LogP contribution in [0.1, 0.15) is 46.0 Å². The lowest BCUT2D eigenvalue weighted by molar-refractivity contribution is -0.138. The second-order valence-electron chi connectivity index (χ2n) is 5.89. The maximum atomic E-state index is 11.8. The summed E-state index contributed by atoms with van der Waals surface area (Å²) in [4.78, 5) is 22.6. The predicted molar refractivity (Wildman–Crippen MR) is 81.1 cm³/mol. The van der Waals surface area contributed by atoms with E-state index in [1.807, 2.05) is 0 Å². The van der Waals surface area contributed by atoms with E-state index >= 15 is 0 Å². The highest BCUT2D eigenvalue weighted by molar-refractivity contribution is 5.85. The summed E-state index contributed by atoms with van der Waals surface area (Å²) in [7, 11) is 0. The zero-order valence-electron chi connectivity index (χ0n) is 12.4. The van der Waals surface area contributed by atoms with E-state index in [1.165, 1.54) is 0 Å². The normalized spacial score (nSPS) is 19.4. The maximum absolute atomic E-state index is 11.8. The van der Waals surface area contributed by atoms with Gasteiger partial charge in [-0.25, -0.2) is 0 Å². The first-order valence-electron chi connectivity index (χ1n) is 7.19. The molecule has 3 N–H and O–H groups in total. The molecule has 1 saturated heterocycles. The fraction of sp³-hybridized carbons (Fsp3) is 0.857. The molecular formula is C14H27ClN2O3. The third kappa shape index (κ3) is 8.38. The van der Waals surface area contributed by atoms with Crippen molar-refractivity contribution in [3.8, 4) is 0 Å². The molecule has 0 saturated carbocycles. The molecule has 1 heterocycles.